The SMILES string of the molecule is COc1cc(C)c(C(C)CN)c(C)c1C. The number of methoxy groups -OCH3 is 1. The number of benzene rings is 1. The summed E-state index contributed by atoms with van der Waals surface area (Å²) >= 11 is 0. The van der Waals surface area contributed by atoms with Crippen LogP contribution in [0, 0.1) is 20.8 Å². The van der Waals surface area contributed by atoms with Crippen molar-refractivity contribution >= 4 is 0 Å². The molecule has 2 heteroatoms. The van der Waals surface area contributed by atoms with Gasteiger partial charge < -0.3 is 10.5 Å². The van der Waals surface area contributed by atoms with Gasteiger partial charge in [0.2, 0.25) is 0 Å². The van der Waals surface area contributed by atoms with Crippen LogP contribution >= 0.6 is 0 Å². The average Bonchev–Trinajstić information content (AvgIpc) is 2.23. The first-order valence-corrected chi connectivity index (χ1v) is 5.37. The van der Waals surface area contributed by atoms with Gasteiger partial charge in [-0.05, 0) is 61.6 Å². The van der Waals surface area contributed by atoms with Crippen molar-refractivity contribution < 1.29 is 4.74 Å². The molecule has 1 rings (SSSR count). The summed E-state index contributed by atoms with van der Waals surface area (Å²) in [5.41, 5.74) is 10.9. The van der Waals surface area contributed by atoms with Gasteiger partial charge >= 0.3 is 0 Å². The summed E-state index contributed by atoms with van der Waals surface area (Å²) in [6, 6.07) is 2.10. The molecule has 2 N–H and O–H groups in total. The molecule has 0 aliphatic carbocycles. The molecule has 0 aliphatic rings. The Bertz CT molecular complexity index is 358. The fourth-order valence-corrected chi connectivity index (χ4v) is 2.15. The lowest BCUT2D eigenvalue weighted by atomic mass is 9.89. The number of nitrogens with two attached hydrogens (primary N) is 1. The first-order valence-electron chi connectivity index (χ1n) is 5.37. The Kier molecular flexibility index (Phi) is 3.75. The van der Waals surface area contributed by atoms with Crippen molar-refractivity contribution in [3.8, 4) is 5.75 Å². The summed E-state index contributed by atoms with van der Waals surface area (Å²) in [7, 11) is 1.72. The van der Waals surface area contributed by atoms with Crippen molar-refractivity contribution in [2.24, 2.45) is 5.73 Å². The monoisotopic (exact) mass is 207 g/mol. The topological polar surface area (TPSA) is 35.2 Å². The second-order valence-corrected chi connectivity index (χ2v) is 4.20. The van der Waals surface area contributed by atoms with Crippen LogP contribution in [0.1, 0.15) is 35.1 Å². The number of hydrogen-bond donors (Lipinski definition) is 1. The van der Waals surface area contributed by atoms with Gasteiger partial charge in [-0.1, -0.05) is 6.92 Å². The number of ether oxygens (including phenoxy) is 1. The molecule has 0 fully saturated rings. The number of aryl methyl sites for hydroxylation is 1. The molecular formula is C13H21NO. The van der Waals surface area contributed by atoms with E-state index in [9.17, 15) is 0 Å². The molecule has 0 saturated carbocycles. The Morgan fingerprint density at radius 1 is 1.27 bits per heavy atom. The summed E-state index contributed by atoms with van der Waals surface area (Å²) in [4.78, 5) is 0. The molecule has 1 atom stereocenters. The molecule has 0 spiro atoms. The van der Waals surface area contributed by atoms with Gasteiger partial charge in [0.25, 0.3) is 0 Å². The summed E-state index contributed by atoms with van der Waals surface area (Å²) in [5, 5.41) is 0. The Balaban J connectivity index is 3.35. The molecule has 0 bridgehead atoms. The van der Waals surface area contributed by atoms with Crippen LogP contribution in [0.4, 0.5) is 0 Å². The lowest BCUT2D eigenvalue weighted by Crippen LogP contribution is -2.12. The van der Waals surface area contributed by atoms with Crippen LogP contribution in [-0.4, -0.2) is 13.7 Å². The molecule has 0 radical (unpaired) electrons. The molecule has 0 aromatic heterocycles. The van der Waals surface area contributed by atoms with Crippen LogP contribution in [0.5, 0.6) is 5.75 Å². The van der Waals surface area contributed by atoms with E-state index in [2.05, 4.69) is 33.8 Å². The quantitative estimate of drug-likeness (QED) is 0.827. The van der Waals surface area contributed by atoms with Gasteiger partial charge in [0.1, 0.15) is 5.75 Å². The molecule has 15 heavy (non-hydrogen) atoms. The third kappa shape index (κ3) is 2.15. The van der Waals surface area contributed by atoms with Crippen molar-refractivity contribution in [1.82, 2.24) is 0 Å². The first-order chi connectivity index (χ1) is 7.02. The fraction of sp³-hybridized carbons (Fsp3) is 0.538. The lowest BCUT2D eigenvalue weighted by Gasteiger charge is -2.19. The van der Waals surface area contributed by atoms with Crippen molar-refractivity contribution in [2.45, 2.75) is 33.6 Å². The number of hydrogen-bond acceptors (Lipinski definition) is 2. The average molecular weight is 207 g/mol. The second kappa shape index (κ2) is 4.67. The van der Waals surface area contributed by atoms with Crippen molar-refractivity contribution in [2.75, 3.05) is 13.7 Å². The van der Waals surface area contributed by atoms with Gasteiger partial charge in [-0.2, -0.15) is 0 Å². The highest BCUT2D eigenvalue weighted by atomic mass is 16.5. The van der Waals surface area contributed by atoms with E-state index in [-0.39, 0.29) is 0 Å². The summed E-state index contributed by atoms with van der Waals surface area (Å²) in [6.07, 6.45) is 0. The maximum atomic E-state index is 5.73. The fourth-order valence-electron chi connectivity index (χ4n) is 2.15. The van der Waals surface area contributed by atoms with Crippen LogP contribution in [-0.2, 0) is 0 Å². The Morgan fingerprint density at radius 3 is 2.33 bits per heavy atom. The van der Waals surface area contributed by atoms with Gasteiger partial charge in [0.05, 0.1) is 7.11 Å². The van der Waals surface area contributed by atoms with Crippen molar-refractivity contribution in [3.05, 3.63) is 28.3 Å². The molecule has 0 amide bonds. The molecule has 1 aromatic rings. The molecule has 84 valence electrons. The Morgan fingerprint density at radius 2 is 1.87 bits per heavy atom. The van der Waals surface area contributed by atoms with E-state index in [0.717, 1.165) is 5.75 Å². The molecule has 2 nitrogen and oxygen atoms in total. The van der Waals surface area contributed by atoms with Gasteiger partial charge in [0.15, 0.2) is 0 Å². The van der Waals surface area contributed by atoms with Gasteiger partial charge in [-0.15, -0.1) is 0 Å². The van der Waals surface area contributed by atoms with Crippen molar-refractivity contribution in [1.29, 1.82) is 0 Å². The standard InChI is InChI=1S/C13H21NO/c1-8-6-12(15-5)10(3)11(4)13(8)9(2)7-14/h6,9H,7,14H2,1-5H3. The van der Waals surface area contributed by atoms with E-state index in [4.69, 9.17) is 10.5 Å². The molecule has 1 unspecified atom stereocenters. The normalized spacial score (nSPS) is 12.7. The van der Waals surface area contributed by atoms with Crippen LogP contribution in [0.25, 0.3) is 0 Å². The lowest BCUT2D eigenvalue weighted by molar-refractivity contribution is 0.410. The summed E-state index contributed by atoms with van der Waals surface area (Å²) < 4.78 is 5.34. The third-order valence-corrected chi connectivity index (χ3v) is 3.17. The van der Waals surface area contributed by atoms with Crippen LogP contribution in [0.15, 0.2) is 6.07 Å². The summed E-state index contributed by atoms with van der Waals surface area (Å²) in [6.45, 7) is 9.22. The predicted molar refractivity (Wildman–Crippen MR) is 64.7 cm³/mol. The van der Waals surface area contributed by atoms with Gasteiger partial charge in [-0.3, -0.25) is 0 Å². The van der Waals surface area contributed by atoms with Crippen LogP contribution in [0.2, 0.25) is 0 Å². The Hall–Kier alpha value is -1.02. The first kappa shape index (κ1) is 12.1. The highest BCUT2D eigenvalue weighted by Crippen LogP contribution is 2.31. The van der Waals surface area contributed by atoms with E-state index in [1.54, 1.807) is 7.11 Å². The summed E-state index contributed by atoms with van der Waals surface area (Å²) in [5.74, 6) is 1.38. The van der Waals surface area contributed by atoms with Crippen LogP contribution < -0.4 is 10.5 Å². The molecule has 0 saturated heterocycles. The van der Waals surface area contributed by atoms with Gasteiger partial charge in [-0.25, -0.2) is 0 Å². The van der Waals surface area contributed by atoms with Crippen molar-refractivity contribution in [3.63, 3.8) is 0 Å². The van der Waals surface area contributed by atoms with E-state index >= 15 is 0 Å². The largest absolute Gasteiger partial charge is 0.496 e. The minimum absolute atomic E-state index is 0.412. The Labute approximate surface area is 92.4 Å². The molecule has 0 heterocycles. The highest BCUT2D eigenvalue weighted by Gasteiger charge is 2.14. The second-order valence-electron chi connectivity index (χ2n) is 4.20. The van der Waals surface area contributed by atoms with E-state index in [0.29, 0.717) is 12.5 Å². The molecule has 1 aromatic carbocycles. The van der Waals surface area contributed by atoms with Crippen LogP contribution in [0.3, 0.4) is 0 Å². The smallest absolute Gasteiger partial charge is 0.122 e. The molecular weight excluding hydrogens is 186 g/mol. The molecule has 0 aliphatic heterocycles. The minimum atomic E-state index is 0.412. The third-order valence-electron chi connectivity index (χ3n) is 3.17. The van der Waals surface area contributed by atoms with E-state index in [1.165, 1.54) is 22.3 Å². The predicted octanol–water partition coefficient (Wildman–Crippen LogP) is 2.68. The number of rotatable bonds is 3. The highest BCUT2D eigenvalue weighted by molar-refractivity contribution is 5.49. The zero-order chi connectivity index (χ0) is 11.6. The maximum absolute atomic E-state index is 5.73. The van der Waals surface area contributed by atoms with E-state index in [1.807, 2.05) is 0 Å². The van der Waals surface area contributed by atoms with Gasteiger partial charge in [0, 0.05) is 0 Å². The zero-order valence-electron chi connectivity index (χ0n) is 10.3. The van der Waals surface area contributed by atoms with E-state index < -0.39 is 0 Å². The zero-order valence-corrected chi connectivity index (χ0v) is 10.3. The maximum Gasteiger partial charge on any atom is 0.122 e. The minimum Gasteiger partial charge on any atom is -0.496 e.